The van der Waals surface area contributed by atoms with E-state index in [0.717, 1.165) is 44.1 Å². The van der Waals surface area contributed by atoms with E-state index >= 15 is 0 Å². The molecule has 0 radical (unpaired) electrons. The zero-order valence-electron chi connectivity index (χ0n) is 33.5. The van der Waals surface area contributed by atoms with Gasteiger partial charge in [-0.05, 0) is 73.2 Å². The molecule has 0 bridgehead atoms. The molecule has 0 aliphatic carbocycles. The zero-order chi connectivity index (χ0) is 40.8. The molecule has 10 nitrogen and oxygen atoms in total. The van der Waals surface area contributed by atoms with Crippen LogP contribution in [0, 0.1) is 0 Å². The van der Waals surface area contributed by atoms with E-state index in [2.05, 4.69) is 13.8 Å². The first-order valence-electron chi connectivity index (χ1n) is 19.9. The second-order valence-electron chi connectivity index (χ2n) is 14.0. The SMILES string of the molecule is CCCCCCCCCCc1cccc(S(=O)(=O)O)c1Oc1cccc(O)c1.CCCCCCCCCCc1cccc(S(=O)(=O)[O-])c1Oc1cccc([O-])c1.[Ca+2]. The molecule has 4 rings (SSSR count). The van der Waals surface area contributed by atoms with Crippen LogP contribution < -0.4 is 14.6 Å². The third-order valence-electron chi connectivity index (χ3n) is 9.33. The summed E-state index contributed by atoms with van der Waals surface area (Å²) >= 11 is 0. The topological polar surface area (TPSA) is 173 Å². The van der Waals surface area contributed by atoms with Gasteiger partial charge in [0, 0.05) is 6.07 Å². The molecule has 0 heterocycles. The van der Waals surface area contributed by atoms with Crippen molar-refractivity contribution in [2.75, 3.05) is 0 Å². The summed E-state index contributed by atoms with van der Waals surface area (Å²) in [6, 6.07) is 21.2. The van der Waals surface area contributed by atoms with Crippen molar-refractivity contribution in [3.63, 3.8) is 0 Å². The zero-order valence-corrected chi connectivity index (χ0v) is 37.3. The Labute approximate surface area is 370 Å². The van der Waals surface area contributed by atoms with E-state index in [-0.39, 0.29) is 76.3 Å². The summed E-state index contributed by atoms with van der Waals surface area (Å²) in [7, 11) is -9.11. The molecule has 0 saturated carbocycles. The summed E-state index contributed by atoms with van der Waals surface area (Å²) in [6.45, 7) is 4.40. The predicted octanol–water partition coefficient (Wildman–Crippen LogP) is 10.9. The average molecular weight is 851 g/mol. The van der Waals surface area contributed by atoms with Crippen molar-refractivity contribution in [2.45, 2.75) is 139 Å². The van der Waals surface area contributed by atoms with Gasteiger partial charge in [0.25, 0.3) is 10.1 Å². The molecule has 13 heteroatoms. The number of unbranched alkanes of at least 4 members (excludes halogenated alkanes) is 14. The quantitative estimate of drug-likeness (QED) is 0.0392. The first kappa shape index (κ1) is 50.3. The van der Waals surface area contributed by atoms with Crippen molar-refractivity contribution in [3.05, 3.63) is 96.1 Å². The third-order valence-corrected chi connectivity index (χ3v) is 11.1. The molecule has 0 aliphatic rings. The van der Waals surface area contributed by atoms with E-state index in [1.807, 2.05) is 6.07 Å². The van der Waals surface area contributed by atoms with Crippen LogP contribution in [0.25, 0.3) is 0 Å². The normalized spacial score (nSPS) is 11.3. The number of phenols is 1. The second-order valence-corrected chi connectivity index (χ2v) is 16.8. The van der Waals surface area contributed by atoms with Gasteiger partial charge < -0.3 is 24.2 Å². The monoisotopic (exact) mass is 850 g/mol. The molecule has 4 aromatic carbocycles. The van der Waals surface area contributed by atoms with Crippen LogP contribution in [0.3, 0.4) is 0 Å². The van der Waals surface area contributed by atoms with Gasteiger partial charge in [0.1, 0.15) is 38.0 Å². The van der Waals surface area contributed by atoms with Gasteiger partial charge in [0.2, 0.25) is 0 Å². The first-order chi connectivity index (χ1) is 26.8. The smallest absolute Gasteiger partial charge is 0.872 e. The Kier molecular flexibility index (Phi) is 23.8. The van der Waals surface area contributed by atoms with Crippen molar-refractivity contribution < 1.29 is 45.6 Å². The minimum atomic E-state index is -4.69. The molecular weight excluding hydrogens is 793 g/mol. The molecule has 0 atom stereocenters. The average Bonchev–Trinajstić information content (AvgIpc) is 3.14. The second kappa shape index (κ2) is 27.0. The van der Waals surface area contributed by atoms with Crippen molar-refractivity contribution in [3.8, 4) is 34.5 Å². The Morgan fingerprint density at radius 1 is 0.544 bits per heavy atom. The Morgan fingerprint density at radius 3 is 1.39 bits per heavy atom. The van der Waals surface area contributed by atoms with Crippen LogP contribution >= 0.6 is 0 Å². The number of ether oxygens (including phenoxy) is 2. The molecule has 0 fully saturated rings. The van der Waals surface area contributed by atoms with Crippen molar-refractivity contribution in [2.24, 2.45) is 0 Å². The summed E-state index contributed by atoms with van der Waals surface area (Å²) < 4.78 is 79.6. The van der Waals surface area contributed by atoms with Crippen LogP contribution in [0.4, 0.5) is 0 Å². The van der Waals surface area contributed by atoms with E-state index in [9.17, 15) is 36.2 Å². The summed E-state index contributed by atoms with van der Waals surface area (Å²) in [6.07, 6.45) is 20.0. The van der Waals surface area contributed by atoms with Crippen LogP contribution in [0.5, 0.6) is 34.5 Å². The molecule has 2 N–H and O–H groups in total. The molecule has 57 heavy (non-hydrogen) atoms. The number of rotatable bonds is 24. The summed E-state index contributed by atoms with van der Waals surface area (Å²) in [5.74, 6) is 0.467. The van der Waals surface area contributed by atoms with E-state index in [1.165, 1.54) is 107 Å². The Morgan fingerprint density at radius 2 is 0.947 bits per heavy atom. The molecule has 0 amide bonds. The van der Waals surface area contributed by atoms with Gasteiger partial charge in [0.05, 0.1) is 4.90 Å². The fourth-order valence-corrected chi connectivity index (χ4v) is 7.67. The molecule has 0 spiro atoms. The van der Waals surface area contributed by atoms with E-state index in [0.29, 0.717) is 24.2 Å². The number of aromatic hydroxyl groups is 1. The van der Waals surface area contributed by atoms with E-state index < -0.39 is 20.2 Å². The van der Waals surface area contributed by atoms with Crippen molar-refractivity contribution in [1.82, 2.24) is 0 Å². The van der Waals surface area contributed by atoms with Crippen molar-refractivity contribution in [1.29, 1.82) is 0 Å². The van der Waals surface area contributed by atoms with Gasteiger partial charge in [-0.25, -0.2) is 8.42 Å². The first-order valence-corrected chi connectivity index (χ1v) is 22.8. The largest absolute Gasteiger partial charge is 2.00 e. The number of hydrogen-bond donors (Lipinski definition) is 2. The number of para-hydroxylation sites is 2. The Bertz CT molecular complexity index is 1840. The fourth-order valence-electron chi connectivity index (χ4n) is 6.37. The molecule has 4 aromatic rings. The third kappa shape index (κ3) is 19.2. The number of phenolic OH excluding ortho intramolecular Hbond substituents is 1. The van der Waals surface area contributed by atoms with Crippen LogP contribution in [0.1, 0.15) is 128 Å². The number of hydrogen-bond acceptors (Lipinski definition) is 9. The van der Waals surface area contributed by atoms with Crippen molar-refractivity contribution >= 4 is 58.0 Å². The van der Waals surface area contributed by atoms with Crippen LogP contribution in [0.15, 0.2) is 94.7 Å². The summed E-state index contributed by atoms with van der Waals surface area (Å²) in [5.41, 5.74) is 1.39. The number of aryl methyl sites for hydroxylation is 2. The minimum Gasteiger partial charge on any atom is -0.872 e. The minimum absolute atomic E-state index is 0. The van der Waals surface area contributed by atoms with Crippen LogP contribution in [-0.4, -0.2) is 68.8 Å². The van der Waals surface area contributed by atoms with E-state index in [4.69, 9.17) is 9.47 Å². The maximum Gasteiger partial charge on any atom is 2.00 e. The fraction of sp³-hybridized carbons (Fsp3) is 0.455. The molecule has 0 aliphatic heterocycles. The predicted molar refractivity (Wildman–Crippen MR) is 223 cm³/mol. The van der Waals surface area contributed by atoms with Gasteiger partial charge in [-0.2, -0.15) is 8.42 Å². The van der Waals surface area contributed by atoms with Gasteiger partial charge >= 0.3 is 37.7 Å². The standard InChI is InChI=1S/2C22H30O5S.Ca/c2*1-2-3-4-5-6-7-8-9-12-18-13-10-16-21(28(24,25)26)22(18)27-20-15-11-14-19(23)17-20;/h2*10-11,13-17,23H,2-9,12H2,1H3,(H,24,25,26);/q;;+2/p-2. The molecule has 0 unspecified atom stereocenters. The van der Waals surface area contributed by atoms with Crippen LogP contribution in [-0.2, 0) is 33.1 Å². The van der Waals surface area contributed by atoms with Gasteiger partial charge in [-0.15, -0.1) is 5.75 Å². The summed E-state index contributed by atoms with van der Waals surface area (Å²) in [5, 5.41) is 21.1. The Balaban J connectivity index is 0.000000387. The molecule has 308 valence electrons. The van der Waals surface area contributed by atoms with E-state index in [1.54, 1.807) is 36.4 Å². The van der Waals surface area contributed by atoms with Crippen LogP contribution in [0.2, 0.25) is 0 Å². The number of benzene rings is 4. The summed E-state index contributed by atoms with van der Waals surface area (Å²) in [4.78, 5) is -0.645. The molecule has 0 aromatic heterocycles. The van der Waals surface area contributed by atoms with Gasteiger partial charge in [0.15, 0.2) is 5.75 Å². The Hall–Kier alpha value is -2.84. The molecular formula is C44H58CaO10S2. The van der Waals surface area contributed by atoms with Gasteiger partial charge in [-0.3, -0.25) is 4.55 Å². The molecule has 0 saturated heterocycles. The maximum atomic E-state index is 11.8. The maximum absolute atomic E-state index is 11.8. The van der Waals surface area contributed by atoms with Gasteiger partial charge in [-0.1, -0.05) is 146 Å².